The standard InChI is InChI=1S/C13H13BrO3/c14-9-1-2-12-10(7-9)11(15)8-13(17-12)3-5-16-6-4-13/h1-2,7H,3-6,8H2. The summed E-state index contributed by atoms with van der Waals surface area (Å²) in [5.41, 5.74) is 0.368. The van der Waals surface area contributed by atoms with E-state index in [0.29, 0.717) is 30.9 Å². The molecule has 2 aliphatic rings. The molecule has 0 unspecified atom stereocenters. The second-order valence-electron chi connectivity index (χ2n) is 4.64. The zero-order valence-electron chi connectivity index (χ0n) is 9.37. The lowest BCUT2D eigenvalue weighted by molar-refractivity contribution is -0.0504. The van der Waals surface area contributed by atoms with Crippen LogP contribution < -0.4 is 4.74 Å². The predicted octanol–water partition coefficient (Wildman–Crippen LogP) is 2.96. The summed E-state index contributed by atoms with van der Waals surface area (Å²) >= 11 is 3.38. The Morgan fingerprint density at radius 2 is 2.00 bits per heavy atom. The fourth-order valence-corrected chi connectivity index (χ4v) is 2.85. The molecule has 0 saturated carbocycles. The first-order chi connectivity index (χ1) is 8.19. The summed E-state index contributed by atoms with van der Waals surface area (Å²) in [6.07, 6.45) is 2.07. The molecule has 0 atom stereocenters. The van der Waals surface area contributed by atoms with Crippen LogP contribution in [0.1, 0.15) is 29.6 Å². The number of hydrogen-bond donors (Lipinski definition) is 0. The van der Waals surface area contributed by atoms with Gasteiger partial charge in [0.25, 0.3) is 0 Å². The van der Waals surface area contributed by atoms with Gasteiger partial charge in [-0.2, -0.15) is 0 Å². The third kappa shape index (κ3) is 2.00. The lowest BCUT2D eigenvalue weighted by Crippen LogP contribution is -2.46. The molecule has 0 bridgehead atoms. The van der Waals surface area contributed by atoms with Gasteiger partial charge in [-0.25, -0.2) is 0 Å². The number of Topliss-reactive ketones (excluding diaryl/α,β-unsaturated/α-hetero) is 1. The van der Waals surface area contributed by atoms with E-state index in [1.165, 1.54) is 0 Å². The SMILES string of the molecule is O=C1CC2(CCOCC2)Oc2ccc(Br)cc21. The summed E-state index contributed by atoms with van der Waals surface area (Å²) in [7, 11) is 0. The minimum atomic E-state index is -0.323. The first-order valence-corrected chi connectivity index (χ1v) is 6.57. The Morgan fingerprint density at radius 3 is 2.76 bits per heavy atom. The molecule has 90 valence electrons. The molecule has 3 nitrogen and oxygen atoms in total. The van der Waals surface area contributed by atoms with Crippen molar-refractivity contribution in [1.29, 1.82) is 0 Å². The van der Waals surface area contributed by atoms with Crippen LogP contribution >= 0.6 is 15.9 Å². The van der Waals surface area contributed by atoms with E-state index in [4.69, 9.17) is 9.47 Å². The number of rotatable bonds is 0. The van der Waals surface area contributed by atoms with Crippen molar-refractivity contribution in [3.8, 4) is 5.75 Å². The Hall–Kier alpha value is -0.870. The van der Waals surface area contributed by atoms with Crippen LogP contribution in [0.2, 0.25) is 0 Å². The van der Waals surface area contributed by atoms with E-state index in [-0.39, 0.29) is 11.4 Å². The van der Waals surface area contributed by atoms with Gasteiger partial charge in [0.05, 0.1) is 25.2 Å². The van der Waals surface area contributed by atoms with E-state index in [0.717, 1.165) is 17.3 Å². The van der Waals surface area contributed by atoms with E-state index < -0.39 is 0 Å². The average molecular weight is 297 g/mol. The van der Waals surface area contributed by atoms with Crippen molar-refractivity contribution in [3.63, 3.8) is 0 Å². The second kappa shape index (κ2) is 4.10. The number of carbonyl (C=O) groups excluding carboxylic acids is 1. The van der Waals surface area contributed by atoms with Crippen LogP contribution in [-0.2, 0) is 4.74 Å². The van der Waals surface area contributed by atoms with Gasteiger partial charge in [0.1, 0.15) is 11.4 Å². The van der Waals surface area contributed by atoms with Gasteiger partial charge in [-0.15, -0.1) is 0 Å². The summed E-state index contributed by atoms with van der Waals surface area (Å²) in [5.74, 6) is 0.890. The Labute approximate surface area is 108 Å². The number of halogens is 1. The largest absolute Gasteiger partial charge is 0.486 e. The summed E-state index contributed by atoms with van der Waals surface area (Å²) in [6.45, 7) is 1.36. The van der Waals surface area contributed by atoms with Crippen molar-refractivity contribution in [1.82, 2.24) is 0 Å². The topological polar surface area (TPSA) is 35.5 Å². The molecule has 0 aliphatic carbocycles. The summed E-state index contributed by atoms with van der Waals surface area (Å²) < 4.78 is 12.3. The normalized spacial score (nSPS) is 22.1. The van der Waals surface area contributed by atoms with Gasteiger partial charge in [0, 0.05) is 17.3 Å². The second-order valence-corrected chi connectivity index (χ2v) is 5.55. The third-order valence-corrected chi connectivity index (χ3v) is 3.95. The van der Waals surface area contributed by atoms with Crippen LogP contribution in [0, 0.1) is 0 Å². The minimum absolute atomic E-state index is 0.175. The van der Waals surface area contributed by atoms with Crippen LogP contribution in [0.3, 0.4) is 0 Å². The highest BCUT2D eigenvalue weighted by molar-refractivity contribution is 9.10. The number of benzene rings is 1. The van der Waals surface area contributed by atoms with Crippen LogP contribution in [0.15, 0.2) is 22.7 Å². The zero-order valence-corrected chi connectivity index (χ0v) is 11.0. The van der Waals surface area contributed by atoms with Crippen molar-refractivity contribution >= 4 is 21.7 Å². The first kappa shape index (κ1) is 11.2. The molecule has 1 saturated heterocycles. The molecule has 1 aromatic carbocycles. The fourth-order valence-electron chi connectivity index (χ4n) is 2.49. The number of fused-ring (bicyclic) bond motifs is 1. The lowest BCUT2D eigenvalue weighted by atomic mass is 9.84. The molecule has 2 heterocycles. The van der Waals surface area contributed by atoms with Crippen molar-refractivity contribution in [3.05, 3.63) is 28.2 Å². The zero-order chi connectivity index (χ0) is 11.9. The smallest absolute Gasteiger partial charge is 0.170 e. The molecule has 4 heteroatoms. The van der Waals surface area contributed by atoms with E-state index in [1.54, 1.807) is 0 Å². The van der Waals surface area contributed by atoms with Crippen molar-refractivity contribution < 1.29 is 14.3 Å². The number of carbonyl (C=O) groups is 1. The summed E-state index contributed by atoms with van der Waals surface area (Å²) in [6, 6.07) is 5.61. The molecular formula is C13H13BrO3. The number of hydrogen-bond acceptors (Lipinski definition) is 3. The van der Waals surface area contributed by atoms with Gasteiger partial charge >= 0.3 is 0 Å². The van der Waals surface area contributed by atoms with Crippen molar-refractivity contribution in [2.45, 2.75) is 24.9 Å². The Bertz CT molecular complexity index is 464. The monoisotopic (exact) mass is 296 g/mol. The van der Waals surface area contributed by atoms with Crippen LogP contribution in [0.5, 0.6) is 5.75 Å². The maximum atomic E-state index is 12.2. The van der Waals surface area contributed by atoms with Crippen molar-refractivity contribution in [2.24, 2.45) is 0 Å². The molecular weight excluding hydrogens is 284 g/mol. The summed E-state index contributed by atoms with van der Waals surface area (Å²) in [5, 5.41) is 0. The van der Waals surface area contributed by atoms with Gasteiger partial charge < -0.3 is 9.47 Å². The fraction of sp³-hybridized carbons (Fsp3) is 0.462. The molecule has 0 N–H and O–H groups in total. The number of ether oxygens (including phenoxy) is 2. The van der Waals surface area contributed by atoms with Gasteiger partial charge in [-0.05, 0) is 18.2 Å². The van der Waals surface area contributed by atoms with Gasteiger partial charge in [-0.3, -0.25) is 4.79 Å². The molecule has 17 heavy (non-hydrogen) atoms. The predicted molar refractivity (Wildman–Crippen MR) is 66.5 cm³/mol. The van der Waals surface area contributed by atoms with Gasteiger partial charge in [-0.1, -0.05) is 15.9 Å². The molecule has 0 amide bonds. The Kier molecular flexibility index (Phi) is 2.71. The molecule has 1 spiro atoms. The van der Waals surface area contributed by atoms with Crippen LogP contribution in [0.4, 0.5) is 0 Å². The average Bonchev–Trinajstić information content (AvgIpc) is 2.31. The summed E-state index contributed by atoms with van der Waals surface area (Å²) in [4.78, 5) is 12.2. The van der Waals surface area contributed by atoms with Gasteiger partial charge in [0.15, 0.2) is 5.78 Å². The third-order valence-electron chi connectivity index (χ3n) is 3.46. The van der Waals surface area contributed by atoms with E-state index >= 15 is 0 Å². The Balaban J connectivity index is 1.97. The number of ketones is 1. The van der Waals surface area contributed by atoms with E-state index in [1.807, 2.05) is 18.2 Å². The maximum absolute atomic E-state index is 12.2. The molecule has 3 rings (SSSR count). The molecule has 1 fully saturated rings. The van der Waals surface area contributed by atoms with Crippen LogP contribution in [-0.4, -0.2) is 24.6 Å². The quantitative estimate of drug-likeness (QED) is 0.738. The van der Waals surface area contributed by atoms with E-state index in [9.17, 15) is 4.79 Å². The van der Waals surface area contributed by atoms with Gasteiger partial charge in [0.2, 0.25) is 0 Å². The lowest BCUT2D eigenvalue weighted by Gasteiger charge is -2.40. The molecule has 0 radical (unpaired) electrons. The van der Waals surface area contributed by atoms with E-state index in [2.05, 4.69) is 15.9 Å². The maximum Gasteiger partial charge on any atom is 0.170 e. The molecule has 1 aromatic rings. The highest BCUT2D eigenvalue weighted by Gasteiger charge is 2.41. The molecule has 0 aromatic heterocycles. The highest BCUT2D eigenvalue weighted by Crippen LogP contribution is 2.39. The molecule has 2 aliphatic heterocycles. The minimum Gasteiger partial charge on any atom is -0.486 e. The van der Waals surface area contributed by atoms with Crippen LogP contribution in [0.25, 0.3) is 0 Å². The first-order valence-electron chi connectivity index (χ1n) is 5.78. The van der Waals surface area contributed by atoms with Crippen molar-refractivity contribution in [2.75, 3.05) is 13.2 Å². The highest BCUT2D eigenvalue weighted by atomic mass is 79.9. The Morgan fingerprint density at radius 1 is 1.24 bits per heavy atom.